The van der Waals surface area contributed by atoms with E-state index in [4.69, 9.17) is 14.0 Å². The average molecular weight is 417 g/mol. The molecule has 2 heterocycles. The summed E-state index contributed by atoms with van der Waals surface area (Å²) in [6.07, 6.45) is 0.794. The Balaban J connectivity index is 1.53. The number of benzene rings is 1. The van der Waals surface area contributed by atoms with E-state index in [-0.39, 0.29) is 25.0 Å². The Hall–Kier alpha value is -2.91. The Labute approximate surface area is 175 Å². The Morgan fingerprint density at radius 1 is 1.23 bits per heavy atom. The van der Waals surface area contributed by atoms with E-state index in [9.17, 15) is 9.59 Å². The van der Waals surface area contributed by atoms with E-state index in [1.54, 1.807) is 25.1 Å². The monoisotopic (exact) mass is 417 g/mol. The molecule has 162 valence electrons. The van der Waals surface area contributed by atoms with E-state index >= 15 is 0 Å². The highest BCUT2D eigenvalue weighted by Crippen LogP contribution is 2.09. The standard InChI is InChI=1S/C21H28N4O5/c1-17-14-19(23-30-17)22-20(26)15-25(9-5-8-24-10-12-28-13-11-24)21(27)16-29-18-6-3-2-4-7-18/h2-4,6-7,14H,5,8-13,15-16H2,1H3,(H,22,23,26)/p+1. The number of morpholine rings is 1. The van der Waals surface area contributed by atoms with E-state index in [1.807, 2.05) is 18.2 Å². The van der Waals surface area contributed by atoms with Crippen molar-refractivity contribution < 1.29 is 28.5 Å². The molecule has 30 heavy (non-hydrogen) atoms. The number of carbonyl (C=O) groups is 2. The number of para-hydroxylation sites is 1. The first-order chi connectivity index (χ1) is 14.6. The van der Waals surface area contributed by atoms with Crippen LogP contribution in [0.1, 0.15) is 12.2 Å². The lowest BCUT2D eigenvalue weighted by Gasteiger charge is -2.26. The van der Waals surface area contributed by atoms with Gasteiger partial charge in [-0.15, -0.1) is 0 Å². The molecule has 1 aromatic carbocycles. The fraction of sp³-hybridized carbons (Fsp3) is 0.476. The molecule has 2 N–H and O–H groups in total. The van der Waals surface area contributed by atoms with Gasteiger partial charge in [0.1, 0.15) is 31.1 Å². The molecule has 0 spiro atoms. The smallest absolute Gasteiger partial charge is 0.260 e. The van der Waals surface area contributed by atoms with E-state index in [2.05, 4.69) is 10.5 Å². The topological polar surface area (TPSA) is 98.3 Å². The van der Waals surface area contributed by atoms with Crippen LogP contribution in [0.25, 0.3) is 0 Å². The molecule has 1 saturated heterocycles. The molecular weight excluding hydrogens is 388 g/mol. The van der Waals surface area contributed by atoms with Gasteiger partial charge in [-0.3, -0.25) is 9.59 Å². The van der Waals surface area contributed by atoms with Crippen LogP contribution in [0, 0.1) is 6.92 Å². The van der Waals surface area contributed by atoms with Crippen molar-refractivity contribution in [1.29, 1.82) is 0 Å². The van der Waals surface area contributed by atoms with Crippen LogP contribution in [0.15, 0.2) is 40.9 Å². The van der Waals surface area contributed by atoms with Gasteiger partial charge in [0.05, 0.1) is 19.8 Å². The molecule has 2 aromatic rings. The lowest BCUT2D eigenvalue weighted by atomic mass is 10.3. The number of nitrogens with zero attached hydrogens (tertiary/aromatic N) is 2. The maximum absolute atomic E-state index is 12.8. The minimum atomic E-state index is -0.324. The van der Waals surface area contributed by atoms with Gasteiger partial charge in [0, 0.05) is 19.0 Å². The van der Waals surface area contributed by atoms with Crippen LogP contribution in [0.5, 0.6) is 5.75 Å². The quantitative estimate of drug-likeness (QED) is 0.571. The normalized spacial score (nSPS) is 14.3. The van der Waals surface area contributed by atoms with Crippen LogP contribution in [0.4, 0.5) is 5.82 Å². The molecule has 1 aliphatic rings. The largest absolute Gasteiger partial charge is 0.484 e. The number of hydrogen-bond donors (Lipinski definition) is 2. The Bertz CT molecular complexity index is 805. The molecule has 0 saturated carbocycles. The lowest BCUT2D eigenvalue weighted by Crippen LogP contribution is -3.14. The minimum absolute atomic E-state index is 0.0681. The minimum Gasteiger partial charge on any atom is -0.484 e. The van der Waals surface area contributed by atoms with Crippen molar-refractivity contribution in [2.45, 2.75) is 13.3 Å². The first-order valence-electron chi connectivity index (χ1n) is 10.2. The number of aryl methyl sites for hydroxylation is 1. The molecule has 1 aromatic heterocycles. The number of carbonyl (C=O) groups excluding carboxylic acids is 2. The summed E-state index contributed by atoms with van der Waals surface area (Å²) in [6, 6.07) is 10.8. The van der Waals surface area contributed by atoms with Crippen molar-refractivity contribution in [2.75, 3.05) is 57.9 Å². The highest BCUT2D eigenvalue weighted by Gasteiger charge is 2.20. The number of aromatic nitrogens is 1. The number of anilines is 1. The number of nitrogens with one attached hydrogen (secondary N) is 2. The average Bonchev–Trinajstić information content (AvgIpc) is 3.17. The summed E-state index contributed by atoms with van der Waals surface area (Å²) in [7, 11) is 0. The SMILES string of the molecule is Cc1cc(NC(=O)CN(CCC[NH+]2CCOCC2)C(=O)COc2ccccc2)no1. The molecule has 0 aliphatic carbocycles. The number of amides is 2. The summed E-state index contributed by atoms with van der Waals surface area (Å²) in [5, 5.41) is 6.42. The van der Waals surface area contributed by atoms with Gasteiger partial charge in [-0.2, -0.15) is 0 Å². The number of quaternary nitrogens is 1. The highest BCUT2D eigenvalue weighted by atomic mass is 16.5. The van der Waals surface area contributed by atoms with E-state index < -0.39 is 0 Å². The van der Waals surface area contributed by atoms with Crippen molar-refractivity contribution in [3.8, 4) is 5.75 Å². The molecule has 9 heteroatoms. The lowest BCUT2D eigenvalue weighted by molar-refractivity contribution is -0.908. The second-order valence-corrected chi connectivity index (χ2v) is 7.25. The summed E-state index contributed by atoms with van der Waals surface area (Å²) in [4.78, 5) is 28.2. The zero-order chi connectivity index (χ0) is 21.2. The second-order valence-electron chi connectivity index (χ2n) is 7.25. The second kappa shape index (κ2) is 11.3. The van der Waals surface area contributed by atoms with Crippen molar-refractivity contribution in [3.63, 3.8) is 0 Å². The molecular formula is C21H29N4O5+. The van der Waals surface area contributed by atoms with Gasteiger partial charge < -0.3 is 29.1 Å². The molecule has 0 radical (unpaired) electrons. The van der Waals surface area contributed by atoms with Crippen LogP contribution in [0.2, 0.25) is 0 Å². The van der Waals surface area contributed by atoms with Crippen molar-refractivity contribution >= 4 is 17.6 Å². The third-order valence-corrected chi connectivity index (χ3v) is 4.85. The van der Waals surface area contributed by atoms with E-state index in [0.29, 0.717) is 23.9 Å². The molecule has 0 atom stereocenters. The fourth-order valence-electron chi connectivity index (χ4n) is 3.26. The highest BCUT2D eigenvalue weighted by molar-refractivity contribution is 5.94. The van der Waals surface area contributed by atoms with Gasteiger partial charge >= 0.3 is 0 Å². The van der Waals surface area contributed by atoms with Crippen LogP contribution >= 0.6 is 0 Å². The number of rotatable bonds is 10. The molecule has 0 unspecified atom stereocenters. The predicted molar refractivity (Wildman–Crippen MR) is 109 cm³/mol. The first kappa shape index (κ1) is 21.8. The molecule has 9 nitrogen and oxygen atoms in total. The summed E-state index contributed by atoms with van der Waals surface area (Å²) >= 11 is 0. The summed E-state index contributed by atoms with van der Waals surface area (Å²) in [5.41, 5.74) is 0. The van der Waals surface area contributed by atoms with E-state index in [1.165, 1.54) is 9.80 Å². The third-order valence-electron chi connectivity index (χ3n) is 4.85. The molecule has 1 fully saturated rings. The van der Waals surface area contributed by atoms with Gasteiger partial charge in [-0.1, -0.05) is 23.4 Å². The summed E-state index contributed by atoms with van der Waals surface area (Å²) < 4.78 is 15.9. The van der Waals surface area contributed by atoms with E-state index in [0.717, 1.165) is 39.3 Å². The predicted octanol–water partition coefficient (Wildman–Crippen LogP) is 0.134. The van der Waals surface area contributed by atoms with Crippen molar-refractivity contribution in [1.82, 2.24) is 10.1 Å². The Kier molecular flexibility index (Phi) is 8.22. The van der Waals surface area contributed by atoms with Crippen molar-refractivity contribution in [2.24, 2.45) is 0 Å². The van der Waals surface area contributed by atoms with Gasteiger partial charge in [0.15, 0.2) is 12.4 Å². The first-order valence-corrected chi connectivity index (χ1v) is 10.2. The zero-order valence-electron chi connectivity index (χ0n) is 17.3. The maximum Gasteiger partial charge on any atom is 0.260 e. The van der Waals surface area contributed by atoms with Gasteiger partial charge in [0.2, 0.25) is 5.91 Å². The summed E-state index contributed by atoms with van der Waals surface area (Å²) in [5.74, 6) is 0.995. The summed E-state index contributed by atoms with van der Waals surface area (Å²) in [6.45, 7) is 6.43. The number of ether oxygens (including phenoxy) is 2. The van der Waals surface area contributed by atoms with Gasteiger partial charge in [-0.05, 0) is 19.1 Å². The van der Waals surface area contributed by atoms with Crippen LogP contribution < -0.4 is 15.0 Å². The molecule has 2 amide bonds. The van der Waals surface area contributed by atoms with Crippen LogP contribution in [-0.4, -0.2) is 74.4 Å². The third kappa shape index (κ3) is 7.16. The molecule has 3 rings (SSSR count). The fourth-order valence-corrected chi connectivity index (χ4v) is 3.26. The van der Waals surface area contributed by atoms with Crippen molar-refractivity contribution in [3.05, 3.63) is 42.2 Å². The Morgan fingerprint density at radius 3 is 2.70 bits per heavy atom. The van der Waals surface area contributed by atoms with Gasteiger partial charge in [0.25, 0.3) is 5.91 Å². The van der Waals surface area contributed by atoms with Crippen LogP contribution in [0.3, 0.4) is 0 Å². The van der Waals surface area contributed by atoms with Gasteiger partial charge in [-0.25, -0.2) is 0 Å². The Morgan fingerprint density at radius 2 is 2.00 bits per heavy atom. The maximum atomic E-state index is 12.8. The molecule has 1 aliphatic heterocycles. The zero-order valence-corrected chi connectivity index (χ0v) is 17.3. The molecule has 0 bridgehead atoms. The van der Waals surface area contributed by atoms with Crippen LogP contribution in [-0.2, 0) is 14.3 Å². The number of hydrogen-bond acceptors (Lipinski definition) is 6.